The third-order valence-electron chi connectivity index (χ3n) is 2.95. The Hall–Kier alpha value is -2.12. The minimum absolute atomic E-state index is 0.00514. The number of hydrogen-bond acceptors (Lipinski definition) is 6. The van der Waals surface area contributed by atoms with Crippen molar-refractivity contribution in [2.45, 2.75) is 25.3 Å². The van der Waals surface area contributed by atoms with E-state index in [1.54, 1.807) is 0 Å². The molecule has 7 nitrogen and oxygen atoms in total. The van der Waals surface area contributed by atoms with Gasteiger partial charge in [-0.3, -0.25) is 19.7 Å². The van der Waals surface area contributed by atoms with Crippen molar-refractivity contribution in [1.29, 1.82) is 0 Å². The van der Waals surface area contributed by atoms with Gasteiger partial charge in [0.2, 0.25) is 0 Å². The van der Waals surface area contributed by atoms with Crippen LogP contribution in [0.15, 0.2) is 18.2 Å². The average molecular weight is 279 g/mol. The van der Waals surface area contributed by atoms with E-state index in [1.807, 2.05) is 0 Å². The smallest absolute Gasteiger partial charge is 0.270 e. The van der Waals surface area contributed by atoms with Gasteiger partial charge < -0.3 is 11.5 Å². The van der Waals surface area contributed by atoms with Gasteiger partial charge in [-0.25, -0.2) is 0 Å². The monoisotopic (exact) mass is 279 g/mol. The standard InChI is InChI=1S/C13H17N3O4/c14-6-2-1-3-12(15)13(18)11-7-10(16(19)20)5-4-9(11)8-17/h4-5,7-8,12H,1-3,6,14-15H2/t12-/m1/s1. The Morgan fingerprint density at radius 3 is 2.65 bits per heavy atom. The first-order valence-corrected chi connectivity index (χ1v) is 6.24. The van der Waals surface area contributed by atoms with Gasteiger partial charge in [-0.05, 0) is 25.5 Å². The molecule has 1 aromatic rings. The van der Waals surface area contributed by atoms with E-state index < -0.39 is 16.7 Å². The number of carbonyl (C=O) groups excluding carboxylic acids is 2. The van der Waals surface area contributed by atoms with E-state index in [1.165, 1.54) is 12.1 Å². The molecule has 0 saturated heterocycles. The molecule has 0 aromatic heterocycles. The highest BCUT2D eigenvalue weighted by Crippen LogP contribution is 2.19. The summed E-state index contributed by atoms with van der Waals surface area (Å²) in [6.07, 6.45) is 2.35. The molecule has 4 N–H and O–H groups in total. The number of nitrogens with two attached hydrogens (primary N) is 2. The SMILES string of the molecule is NCCCC[C@@H](N)C(=O)c1cc([N+](=O)[O-])ccc1C=O. The highest BCUT2D eigenvalue weighted by atomic mass is 16.6. The minimum atomic E-state index is -0.790. The van der Waals surface area contributed by atoms with Crippen LogP contribution >= 0.6 is 0 Å². The van der Waals surface area contributed by atoms with Crippen molar-refractivity contribution in [3.8, 4) is 0 Å². The summed E-state index contributed by atoms with van der Waals surface area (Å²) in [5.41, 5.74) is 11.0. The van der Waals surface area contributed by atoms with Crippen molar-refractivity contribution in [3.63, 3.8) is 0 Å². The number of aldehydes is 1. The molecule has 0 fully saturated rings. The first kappa shape index (κ1) is 15.9. The number of hydrogen-bond donors (Lipinski definition) is 2. The first-order valence-electron chi connectivity index (χ1n) is 6.24. The Balaban J connectivity index is 2.97. The molecule has 1 rings (SSSR count). The van der Waals surface area contributed by atoms with Crippen LogP contribution < -0.4 is 11.5 Å². The number of nitro groups is 1. The van der Waals surface area contributed by atoms with Crippen LogP contribution in [-0.2, 0) is 0 Å². The topological polar surface area (TPSA) is 129 Å². The second-order valence-corrected chi connectivity index (χ2v) is 4.40. The van der Waals surface area contributed by atoms with Crippen LogP contribution in [0.5, 0.6) is 0 Å². The lowest BCUT2D eigenvalue weighted by Crippen LogP contribution is -2.31. The fourth-order valence-corrected chi connectivity index (χ4v) is 1.81. The van der Waals surface area contributed by atoms with Gasteiger partial charge >= 0.3 is 0 Å². The molecule has 0 heterocycles. The lowest BCUT2D eigenvalue weighted by molar-refractivity contribution is -0.384. The first-order chi connectivity index (χ1) is 9.51. The molecule has 0 spiro atoms. The number of carbonyl (C=O) groups is 2. The third kappa shape index (κ3) is 3.94. The molecule has 0 saturated carbocycles. The molecule has 108 valence electrons. The molecule has 0 aliphatic rings. The molecule has 1 atom stereocenters. The van der Waals surface area contributed by atoms with Crippen molar-refractivity contribution in [3.05, 3.63) is 39.4 Å². The van der Waals surface area contributed by atoms with Gasteiger partial charge in [0, 0.05) is 23.3 Å². The number of nitrogens with zero attached hydrogens (tertiary/aromatic N) is 1. The van der Waals surface area contributed by atoms with Gasteiger partial charge in [-0.15, -0.1) is 0 Å². The Bertz CT molecular complexity index is 516. The molecule has 0 unspecified atom stereocenters. The summed E-state index contributed by atoms with van der Waals surface area (Å²) in [7, 11) is 0. The van der Waals surface area contributed by atoms with Crippen LogP contribution in [0.3, 0.4) is 0 Å². The lowest BCUT2D eigenvalue weighted by atomic mass is 9.96. The average Bonchev–Trinajstić information content (AvgIpc) is 2.45. The molecular weight excluding hydrogens is 262 g/mol. The number of ketones is 1. The predicted molar refractivity (Wildman–Crippen MR) is 73.7 cm³/mol. The van der Waals surface area contributed by atoms with Crippen LogP contribution in [0, 0.1) is 10.1 Å². The predicted octanol–water partition coefficient (Wildman–Crippen LogP) is 1.05. The summed E-state index contributed by atoms with van der Waals surface area (Å²) in [6, 6.07) is 2.74. The number of rotatable bonds is 8. The molecule has 7 heteroatoms. The Labute approximate surface area is 116 Å². The number of unbranched alkanes of at least 4 members (excludes halogenated alkanes) is 1. The lowest BCUT2D eigenvalue weighted by Gasteiger charge is -2.11. The molecule has 0 amide bonds. The molecule has 0 radical (unpaired) electrons. The maximum atomic E-state index is 12.2. The minimum Gasteiger partial charge on any atom is -0.330 e. The Morgan fingerprint density at radius 1 is 1.40 bits per heavy atom. The number of nitro benzene ring substituents is 1. The zero-order valence-electron chi connectivity index (χ0n) is 11.0. The maximum Gasteiger partial charge on any atom is 0.270 e. The fraction of sp³-hybridized carbons (Fsp3) is 0.385. The zero-order valence-corrected chi connectivity index (χ0v) is 11.0. The third-order valence-corrected chi connectivity index (χ3v) is 2.95. The van der Waals surface area contributed by atoms with Crippen molar-refractivity contribution in [2.24, 2.45) is 11.5 Å². The second kappa shape index (κ2) is 7.46. The van der Waals surface area contributed by atoms with Crippen molar-refractivity contribution >= 4 is 17.8 Å². The summed E-state index contributed by atoms with van der Waals surface area (Å²) in [4.78, 5) is 33.2. The van der Waals surface area contributed by atoms with Crippen molar-refractivity contribution in [1.82, 2.24) is 0 Å². The van der Waals surface area contributed by atoms with Gasteiger partial charge in [0.05, 0.1) is 11.0 Å². The molecule has 20 heavy (non-hydrogen) atoms. The summed E-state index contributed by atoms with van der Waals surface area (Å²) in [5.74, 6) is -0.465. The Kier molecular flexibility index (Phi) is 5.95. The number of benzene rings is 1. The highest BCUT2D eigenvalue weighted by molar-refractivity contribution is 6.06. The molecular formula is C13H17N3O4. The number of Topliss-reactive ketones (excluding diaryl/α,β-unsaturated/α-hetero) is 1. The molecule has 0 aliphatic carbocycles. The van der Waals surface area contributed by atoms with Crippen LogP contribution in [0.1, 0.15) is 40.0 Å². The quantitative estimate of drug-likeness (QED) is 0.240. The van der Waals surface area contributed by atoms with Crippen LogP contribution in [0.25, 0.3) is 0 Å². The second-order valence-electron chi connectivity index (χ2n) is 4.40. The van der Waals surface area contributed by atoms with Gasteiger partial charge in [0.25, 0.3) is 5.69 Å². The molecule has 0 bridgehead atoms. The summed E-state index contributed by atoms with van der Waals surface area (Å²) < 4.78 is 0. The summed E-state index contributed by atoms with van der Waals surface area (Å²) in [6.45, 7) is 0.511. The maximum absolute atomic E-state index is 12.2. The van der Waals surface area contributed by atoms with Crippen LogP contribution in [-0.4, -0.2) is 29.6 Å². The summed E-state index contributed by atoms with van der Waals surface area (Å²) >= 11 is 0. The van der Waals surface area contributed by atoms with Crippen molar-refractivity contribution in [2.75, 3.05) is 6.54 Å². The van der Waals surface area contributed by atoms with E-state index in [0.717, 1.165) is 12.5 Å². The molecule has 1 aromatic carbocycles. The number of non-ortho nitro benzene ring substituents is 1. The summed E-state index contributed by atoms with van der Waals surface area (Å²) in [5, 5.41) is 10.7. The Morgan fingerprint density at radius 2 is 2.10 bits per heavy atom. The van der Waals surface area contributed by atoms with Crippen LogP contribution in [0.4, 0.5) is 5.69 Å². The zero-order chi connectivity index (χ0) is 15.1. The molecule has 0 aliphatic heterocycles. The largest absolute Gasteiger partial charge is 0.330 e. The van der Waals surface area contributed by atoms with E-state index in [0.29, 0.717) is 25.7 Å². The van der Waals surface area contributed by atoms with E-state index in [-0.39, 0.29) is 16.8 Å². The fourth-order valence-electron chi connectivity index (χ4n) is 1.81. The van der Waals surface area contributed by atoms with E-state index in [9.17, 15) is 19.7 Å². The normalized spacial score (nSPS) is 11.9. The van der Waals surface area contributed by atoms with Crippen molar-refractivity contribution < 1.29 is 14.5 Å². The van der Waals surface area contributed by atoms with Gasteiger partial charge in [0.15, 0.2) is 12.1 Å². The van der Waals surface area contributed by atoms with Gasteiger partial charge in [0.1, 0.15) is 0 Å². The van der Waals surface area contributed by atoms with E-state index in [4.69, 9.17) is 11.5 Å². The van der Waals surface area contributed by atoms with E-state index >= 15 is 0 Å². The van der Waals surface area contributed by atoms with Gasteiger partial charge in [-0.2, -0.15) is 0 Å². The van der Waals surface area contributed by atoms with Crippen LogP contribution in [0.2, 0.25) is 0 Å². The van der Waals surface area contributed by atoms with Gasteiger partial charge in [-0.1, -0.05) is 6.42 Å². The van der Waals surface area contributed by atoms with E-state index in [2.05, 4.69) is 0 Å². The highest BCUT2D eigenvalue weighted by Gasteiger charge is 2.21.